The van der Waals surface area contributed by atoms with Gasteiger partial charge in [-0.1, -0.05) is 80.4 Å². The molecular formula is C26H32Cl2N4O2. The van der Waals surface area contributed by atoms with Crippen LogP contribution in [-0.2, 0) is 23.2 Å². The first-order valence-electron chi connectivity index (χ1n) is 11.3. The van der Waals surface area contributed by atoms with Gasteiger partial charge in [0, 0.05) is 16.5 Å². The van der Waals surface area contributed by atoms with Crippen molar-refractivity contribution >= 4 is 29.1 Å². The van der Waals surface area contributed by atoms with Crippen LogP contribution in [0.15, 0.2) is 52.9 Å². The maximum atomic E-state index is 12.8. The average molecular weight is 503 g/mol. The molecule has 0 fully saturated rings. The number of carbonyl (C=O) groups excluding carboxylic acids is 1. The van der Waals surface area contributed by atoms with Gasteiger partial charge in [-0.05, 0) is 54.9 Å². The first-order valence-corrected chi connectivity index (χ1v) is 12.1. The Balaban J connectivity index is 1.72. The quantitative estimate of drug-likeness (QED) is 0.373. The van der Waals surface area contributed by atoms with Crippen molar-refractivity contribution in [3.63, 3.8) is 0 Å². The third kappa shape index (κ3) is 7.55. The summed E-state index contributed by atoms with van der Waals surface area (Å²) < 4.78 is 6.03. The maximum Gasteiger partial charge on any atom is 0.238 e. The van der Waals surface area contributed by atoms with Gasteiger partial charge in [-0.15, -0.1) is 10.2 Å². The van der Waals surface area contributed by atoms with Crippen LogP contribution in [0, 0.1) is 5.41 Å². The minimum atomic E-state index is -0.839. The van der Waals surface area contributed by atoms with Gasteiger partial charge in [0.1, 0.15) is 6.04 Å². The first-order chi connectivity index (χ1) is 15.9. The number of aryl methyl sites for hydroxylation is 1. The van der Waals surface area contributed by atoms with Gasteiger partial charge in [0.15, 0.2) is 0 Å². The van der Waals surface area contributed by atoms with Gasteiger partial charge in [0.25, 0.3) is 0 Å². The van der Waals surface area contributed by atoms with Crippen molar-refractivity contribution in [2.24, 2.45) is 11.1 Å². The van der Waals surface area contributed by atoms with Gasteiger partial charge >= 0.3 is 0 Å². The summed E-state index contributed by atoms with van der Waals surface area (Å²) in [7, 11) is 0. The molecule has 0 aliphatic heterocycles. The molecule has 6 nitrogen and oxygen atoms in total. The predicted octanol–water partition coefficient (Wildman–Crippen LogP) is 6.02. The highest BCUT2D eigenvalue weighted by molar-refractivity contribution is 6.35. The number of carbonyl (C=O) groups is 1. The van der Waals surface area contributed by atoms with E-state index in [9.17, 15) is 4.79 Å². The number of rotatable bonds is 9. The smallest absolute Gasteiger partial charge is 0.238 e. The molecule has 1 aromatic heterocycles. The minimum absolute atomic E-state index is 0.0812. The fourth-order valence-corrected chi connectivity index (χ4v) is 4.26. The molecule has 1 unspecified atom stereocenters. The van der Waals surface area contributed by atoms with Crippen LogP contribution in [0.3, 0.4) is 0 Å². The number of nitrogens with one attached hydrogen (secondary N) is 1. The lowest BCUT2D eigenvalue weighted by molar-refractivity contribution is -0.122. The lowest BCUT2D eigenvalue weighted by Gasteiger charge is -2.25. The van der Waals surface area contributed by atoms with E-state index in [1.54, 1.807) is 12.1 Å². The van der Waals surface area contributed by atoms with Gasteiger partial charge in [0.2, 0.25) is 17.7 Å². The van der Waals surface area contributed by atoms with E-state index in [0.29, 0.717) is 41.1 Å². The van der Waals surface area contributed by atoms with Gasteiger partial charge in [0.05, 0.1) is 5.54 Å². The number of nitrogens with zero attached hydrogens (tertiary/aromatic N) is 2. The monoisotopic (exact) mass is 502 g/mol. The van der Waals surface area contributed by atoms with Crippen LogP contribution in [-0.4, -0.2) is 16.1 Å². The number of benzene rings is 2. The molecule has 0 saturated heterocycles. The van der Waals surface area contributed by atoms with Gasteiger partial charge in [-0.3, -0.25) is 4.79 Å². The van der Waals surface area contributed by atoms with Crippen LogP contribution in [0.1, 0.15) is 69.5 Å². The van der Waals surface area contributed by atoms with Crippen molar-refractivity contribution in [1.82, 2.24) is 15.5 Å². The molecule has 8 heteroatoms. The zero-order valence-corrected chi connectivity index (χ0v) is 21.6. The molecular weight excluding hydrogens is 471 g/mol. The Kier molecular flexibility index (Phi) is 8.39. The standard InChI is InChI=1S/C26H32Cl2N4O2/c1-25(2,3)16-21(30-22(33)13-11-18-10-12-19(27)14-20(18)28)23-31-32-24(34-23)26(4,29)15-17-8-6-5-7-9-17/h5-10,12,14,21H,11,13,15-16,29H2,1-4H3,(H,30,33)/t21?,26-/m1/s1. The van der Waals surface area contributed by atoms with Crippen molar-refractivity contribution in [3.8, 4) is 0 Å². The van der Waals surface area contributed by atoms with Crippen LogP contribution in [0.2, 0.25) is 10.0 Å². The minimum Gasteiger partial charge on any atom is -0.421 e. The number of hydrogen-bond donors (Lipinski definition) is 2. The van der Waals surface area contributed by atoms with E-state index in [1.165, 1.54) is 0 Å². The van der Waals surface area contributed by atoms with Crippen LogP contribution < -0.4 is 11.1 Å². The Bertz CT molecular complexity index is 1110. The third-order valence-electron chi connectivity index (χ3n) is 5.43. The molecule has 0 spiro atoms. The molecule has 0 aliphatic carbocycles. The summed E-state index contributed by atoms with van der Waals surface area (Å²) >= 11 is 12.2. The van der Waals surface area contributed by atoms with Crippen molar-refractivity contribution in [2.75, 3.05) is 0 Å². The summed E-state index contributed by atoms with van der Waals surface area (Å²) in [5.41, 5.74) is 7.57. The Hall–Kier alpha value is -2.41. The Morgan fingerprint density at radius 2 is 1.79 bits per heavy atom. The first kappa shape index (κ1) is 26.2. The number of hydrogen-bond acceptors (Lipinski definition) is 5. The lowest BCUT2D eigenvalue weighted by Crippen LogP contribution is -2.36. The largest absolute Gasteiger partial charge is 0.421 e. The van der Waals surface area contributed by atoms with Gasteiger partial charge in [-0.25, -0.2) is 0 Å². The Morgan fingerprint density at radius 1 is 1.09 bits per heavy atom. The van der Waals surface area contributed by atoms with Crippen molar-refractivity contribution in [3.05, 3.63) is 81.5 Å². The molecule has 3 aromatic rings. The Labute approximate surface area is 211 Å². The Morgan fingerprint density at radius 3 is 2.44 bits per heavy atom. The summed E-state index contributed by atoms with van der Waals surface area (Å²) in [5, 5.41) is 12.7. The molecule has 2 atom stereocenters. The molecule has 0 bridgehead atoms. The second-order valence-electron chi connectivity index (χ2n) is 10.1. The van der Waals surface area contributed by atoms with Crippen LogP contribution in [0.25, 0.3) is 0 Å². The van der Waals surface area contributed by atoms with E-state index in [-0.39, 0.29) is 17.7 Å². The second-order valence-corrected chi connectivity index (χ2v) is 11.0. The number of amides is 1. The zero-order chi connectivity index (χ0) is 24.9. The topological polar surface area (TPSA) is 94.0 Å². The summed E-state index contributed by atoms with van der Waals surface area (Å²) in [6.07, 6.45) is 1.94. The zero-order valence-electron chi connectivity index (χ0n) is 20.1. The van der Waals surface area contributed by atoms with Crippen molar-refractivity contribution in [1.29, 1.82) is 0 Å². The van der Waals surface area contributed by atoms with Crippen LogP contribution >= 0.6 is 23.2 Å². The summed E-state index contributed by atoms with van der Waals surface area (Å²) in [6.45, 7) is 8.16. The molecule has 34 heavy (non-hydrogen) atoms. The van der Waals surface area contributed by atoms with Crippen LogP contribution in [0.5, 0.6) is 0 Å². The molecule has 1 amide bonds. The molecule has 0 radical (unpaired) electrons. The molecule has 3 rings (SSSR count). The lowest BCUT2D eigenvalue weighted by atomic mass is 9.88. The van der Waals surface area contributed by atoms with E-state index in [0.717, 1.165) is 11.1 Å². The van der Waals surface area contributed by atoms with E-state index in [2.05, 4.69) is 36.3 Å². The molecule has 182 valence electrons. The maximum absolute atomic E-state index is 12.8. The molecule has 0 saturated carbocycles. The van der Waals surface area contributed by atoms with E-state index >= 15 is 0 Å². The average Bonchev–Trinajstić information content (AvgIpc) is 3.23. The number of halogens is 2. The van der Waals surface area contributed by atoms with Gasteiger partial charge in [-0.2, -0.15) is 0 Å². The summed E-state index contributed by atoms with van der Waals surface area (Å²) in [6, 6.07) is 14.8. The van der Waals surface area contributed by atoms with E-state index in [1.807, 2.05) is 43.3 Å². The summed E-state index contributed by atoms with van der Waals surface area (Å²) in [5.74, 6) is 0.569. The SMILES string of the molecule is CC(C)(C)CC(NC(=O)CCc1ccc(Cl)cc1Cl)c1nnc([C@](C)(N)Cc2ccccc2)o1. The third-order valence-corrected chi connectivity index (χ3v) is 6.02. The molecule has 2 aromatic carbocycles. The highest BCUT2D eigenvalue weighted by atomic mass is 35.5. The summed E-state index contributed by atoms with van der Waals surface area (Å²) in [4.78, 5) is 12.8. The number of aromatic nitrogens is 2. The van der Waals surface area contributed by atoms with E-state index < -0.39 is 11.6 Å². The molecule has 3 N–H and O–H groups in total. The van der Waals surface area contributed by atoms with Gasteiger partial charge < -0.3 is 15.5 Å². The van der Waals surface area contributed by atoms with Crippen molar-refractivity contribution < 1.29 is 9.21 Å². The predicted molar refractivity (Wildman–Crippen MR) is 136 cm³/mol. The molecule has 1 heterocycles. The highest BCUT2D eigenvalue weighted by Crippen LogP contribution is 2.31. The second kappa shape index (κ2) is 10.9. The van der Waals surface area contributed by atoms with E-state index in [4.69, 9.17) is 33.4 Å². The fraction of sp³-hybridized carbons (Fsp3) is 0.423. The van der Waals surface area contributed by atoms with Crippen LogP contribution in [0.4, 0.5) is 0 Å². The highest BCUT2D eigenvalue weighted by Gasteiger charge is 2.32. The molecule has 0 aliphatic rings. The normalized spacial score (nSPS) is 14.4. The number of nitrogens with two attached hydrogens (primary N) is 1. The fourth-order valence-electron chi connectivity index (χ4n) is 3.75. The van der Waals surface area contributed by atoms with Crippen molar-refractivity contribution in [2.45, 2.75) is 65.0 Å².